The number of hydrogen-bond donors (Lipinski definition) is 2. The number of aromatic nitrogens is 2. The molecule has 0 spiro atoms. The fourth-order valence-corrected chi connectivity index (χ4v) is 1.47. The van der Waals surface area contributed by atoms with Gasteiger partial charge in [0.1, 0.15) is 18.8 Å². The largest absolute Gasteiger partial charge is 0.388 e. The summed E-state index contributed by atoms with van der Waals surface area (Å²) in [5.74, 6) is 0.436. The molecule has 1 rings (SSSR count). The first-order valence-corrected chi connectivity index (χ1v) is 5.49. The molecule has 0 aliphatic heterocycles. The standard InChI is InChI=1S/C10H18N4O3/c1-7(2)11-4-9(15)6-13-8(3)12-5-10(13)14(16)17/h5,7,9,11,15H,4,6H2,1-3H3. The number of rotatable bonds is 6. The second kappa shape index (κ2) is 5.74. The van der Waals surface area contributed by atoms with Crippen molar-refractivity contribution in [2.24, 2.45) is 0 Å². The molecule has 1 heterocycles. The van der Waals surface area contributed by atoms with Crippen molar-refractivity contribution in [2.75, 3.05) is 6.54 Å². The zero-order valence-electron chi connectivity index (χ0n) is 10.3. The molecule has 0 bridgehead atoms. The lowest BCUT2D eigenvalue weighted by molar-refractivity contribution is -0.392. The molecular weight excluding hydrogens is 224 g/mol. The predicted molar refractivity (Wildman–Crippen MR) is 62.8 cm³/mol. The Kier molecular flexibility index (Phi) is 4.59. The summed E-state index contributed by atoms with van der Waals surface area (Å²) in [6.07, 6.45) is 0.529. The average Bonchev–Trinajstić information content (AvgIpc) is 2.58. The minimum atomic E-state index is -0.677. The van der Waals surface area contributed by atoms with Crippen LogP contribution in [-0.2, 0) is 6.54 Å². The molecule has 1 aromatic rings. The van der Waals surface area contributed by atoms with E-state index < -0.39 is 11.0 Å². The number of nitro groups is 1. The first kappa shape index (κ1) is 13.6. The summed E-state index contributed by atoms with van der Waals surface area (Å²) in [6.45, 7) is 6.18. The second-order valence-corrected chi connectivity index (χ2v) is 4.25. The van der Waals surface area contributed by atoms with Gasteiger partial charge >= 0.3 is 5.82 Å². The summed E-state index contributed by atoms with van der Waals surface area (Å²) in [5.41, 5.74) is 0. The Balaban J connectivity index is 2.67. The summed E-state index contributed by atoms with van der Waals surface area (Å²) in [6, 6.07) is 0.267. The number of aliphatic hydroxyl groups is 1. The van der Waals surface area contributed by atoms with E-state index in [0.29, 0.717) is 12.4 Å². The van der Waals surface area contributed by atoms with Crippen LogP contribution in [0.3, 0.4) is 0 Å². The van der Waals surface area contributed by atoms with Gasteiger partial charge in [-0.05, 0) is 4.92 Å². The Morgan fingerprint density at radius 1 is 1.65 bits per heavy atom. The molecule has 0 aliphatic rings. The third-order valence-corrected chi connectivity index (χ3v) is 2.38. The summed E-state index contributed by atoms with van der Waals surface area (Å²) in [7, 11) is 0. The average molecular weight is 242 g/mol. The molecule has 1 aromatic heterocycles. The summed E-state index contributed by atoms with van der Waals surface area (Å²) < 4.78 is 1.41. The lowest BCUT2D eigenvalue weighted by atomic mass is 10.3. The minimum absolute atomic E-state index is 0.0916. The Bertz CT molecular complexity index is 389. The van der Waals surface area contributed by atoms with Crippen molar-refractivity contribution in [2.45, 2.75) is 39.5 Å². The van der Waals surface area contributed by atoms with Gasteiger partial charge in [0.2, 0.25) is 0 Å². The molecular formula is C10H18N4O3. The van der Waals surface area contributed by atoms with Crippen LogP contribution in [0.4, 0.5) is 5.82 Å². The Hall–Kier alpha value is -1.47. The van der Waals surface area contributed by atoms with Crippen LogP contribution in [0, 0.1) is 17.0 Å². The lowest BCUT2D eigenvalue weighted by Crippen LogP contribution is -2.34. The van der Waals surface area contributed by atoms with Gasteiger partial charge in [0.25, 0.3) is 0 Å². The molecule has 0 saturated carbocycles. The van der Waals surface area contributed by atoms with Crippen molar-refractivity contribution in [3.63, 3.8) is 0 Å². The highest BCUT2D eigenvalue weighted by molar-refractivity contribution is 5.18. The van der Waals surface area contributed by atoms with E-state index in [1.165, 1.54) is 10.8 Å². The third-order valence-electron chi connectivity index (χ3n) is 2.38. The number of nitrogens with zero attached hydrogens (tertiary/aromatic N) is 3. The van der Waals surface area contributed by atoms with Crippen LogP contribution in [0.25, 0.3) is 0 Å². The molecule has 7 heteroatoms. The molecule has 2 N–H and O–H groups in total. The third kappa shape index (κ3) is 3.79. The van der Waals surface area contributed by atoms with Gasteiger partial charge in [-0.3, -0.25) is 0 Å². The first-order chi connectivity index (χ1) is 7.91. The van der Waals surface area contributed by atoms with E-state index >= 15 is 0 Å². The molecule has 96 valence electrons. The molecule has 1 unspecified atom stereocenters. The maximum Gasteiger partial charge on any atom is 0.342 e. The lowest BCUT2D eigenvalue weighted by Gasteiger charge is -2.13. The number of hydrogen-bond acceptors (Lipinski definition) is 5. The van der Waals surface area contributed by atoms with E-state index in [-0.39, 0.29) is 18.4 Å². The highest BCUT2D eigenvalue weighted by Gasteiger charge is 2.20. The number of aliphatic hydroxyl groups excluding tert-OH is 1. The van der Waals surface area contributed by atoms with Gasteiger partial charge in [-0.15, -0.1) is 0 Å². The van der Waals surface area contributed by atoms with Crippen molar-refractivity contribution < 1.29 is 10.0 Å². The number of imidazole rings is 1. The molecule has 0 radical (unpaired) electrons. The van der Waals surface area contributed by atoms with Gasteiger partial charge < -0.3 is 20.5 Å². The van der Waals surface area contributed by atoms with Gasteiger partial charge in [-0.2, -0.15) is 0 Å². The predicted octanol–water partition coefficient (Wildman–Crippen LogP) is 0.459. The van der Waals surface area contributed by atoms with Crippen LogP contribution in [0.1, 0.15) is 19.7 Å². The maximum atomic E-state index is 10.7. The second-order valence-electron chi connectivity index (χ2n) is 4.25. The topological polar surface area (TPSA) is 93.2 Å². The van der Waals surface area contributed by atoms with E-state index in [2.05, 4.69) is 10.3 Å². The van der Waals surface area contributed by atoms with Gasteiger partial charge in [0.05, 0.1) is 0 Å². The number of nitrogens with one attached hydrogen (secondary N) is 1. The summed E-state index contributed by atoms with van der Waals surface area (Å²) in [4.78, 5) is 14.1. The van der Waals surface area contributed by atoms with Crippen molar-refractivity contribution in [1.82, 2.24) is 14.9 Å². The molecule has 0 fully saturated rings. The molecule has 7 nitrogen and oxygen atoms in total. The van der Waals surface area contributed by atoms with E-state index in [1.54, 1.807) is 6.92 Å². The van der Waals surface area contributed by atoms with E-state index in [9.17, 15) is 15.2 Å². The Labute approximate surface area is 99.6 Å². The molecule has 0 saturated heterocycles. The SMILES string of the molecule is Cc1ncc([N+](=O)[O-])n1CC(O)CNC(C)C. The molecule has 0 aliphatic carbocycles. The van der Waals surface area contributed by atoms with Crippen molar-refractivity contribution in [3.05, 3.63) is 22.1 Å². The molecule has 0 amide bonds. The molecule has 17 heavy (non-hydrogen) atoms. The van der Waals surface area contributed by atoms with E-state index in [1.807, 2.05) is 13.8 Å². The minimum Gasteiger partial charge on any atom is -0.388 e. The van der Waals surface area contributed by atoms with Crippen molar-refractivity contribution in [1.29, 1.82) is 0 Å². The smallest absolute Gasteiger partial charge is 0.342 e. The highest BCUT2D eigenvalue weighted by Crippen LogP contribution is 2.13. The van der Waals surface area contributed by atoms with Gasteiger partial charge in [0, 0.05) is 19.5 Å². The molecule has 1 atom stereocenters. The normalized spacial score (nSPS) is 13.0. The van der Waals surface area contributed by atoms with Crippen LogP contribution in [0.2, 0.25) is 0 Å². The van der Waals surface area contributed by atoms with Crippen LogP contribution in [-0.4, -0.2) is 38.3 Å². The van der Waals surface area contributed by atoms with Crippen molar-refractivity contribution >= 4 is 5.82 Å². The van der Waals surface area contributed by atoms with Crippen LogP contribution < -0.4 is 5.32 Å². The fourth-order valence-electron chi connectivity index (χ4n) is 1.47. The number of aryl methyl sites for hydroxylation is 1. The summed E-state index contributed by atoms with van der Waals surface area (Å²) >= 11 is 0. The monoisotopic (exact) mass is 242 g/mol. The van der Waals surface area contributed by atoms with Gasteiger partial charge in [-0.1, -0.05) is 13.8 Å². The van der Waals surface area contributed by atoms with E-state index in [0.717, 1.165) is 0 Å². The maximum absolute atomic E-state index is 10.7. The highest BCUT2D eigenvalue weighted by atomic mass is 16.6. The molecule has 0 aromatic carbocycles. The van der Waals surface area contributed by atoms with E-state index in [4.69, 9.17) is 0 Å². The van der Waals surface area contributed by atoms with Crippen LogP contribution >= 0.6 is 0 Å². The Morgan fingerprint density at radius 3 is 2.82 bits per heavy atom. The van der Waals surface area contributed by atoms with Crippen molar-refractivity contribution in [3.8, 4) is 0 Å². The zero-order chi connectivity index (χ0) is 13.0. The summed E-state index contributed by atoms with van der Waals surface area (Å²) in [5, 5.41) is 23.6. The quantitative estimate of drug-likeness (QED) is 0.558. The van der Waals surface area contributed by atoms with Gasteiger partial charge in [0.15, 0.2) is 5.82 Å². The zero-order valence-corrected chi connectivity index (χ0v) is 10.3. The van der Waals surface area contributed by atoms with Crippen LogP contribution in [0.5, 0.6) is 0 Å². The fraction of sp³-hybridized carbons (Fsp3) is 0.700. The van der Waals surface area contributed by atoms with Crippen LogP contribution in [0.15, 0.2) is 6.20 Å². The van der Waals surface area contributed by atoms with Gasteiger partial charge in [-0.25, -0.2) is 9.55 Å². The Morgan fingerprint density at radius 2 is 2.29 bits per heavy atom. The first-order valence-electron chi connectivity index (χ1n) is 5.49.